The third-order valence-electron chi connectivity index (χ3n) is 4.19. The molecule has 2 aromatic rings. The third kappa shape index (κ3) is 4.42. The molecule has 1 N–H and O–H groups in total. The zero-order chi connectivity index (χ0) is 19.6. The summed E-state index contributed by atoms with van der Waals surface area (Å²) in [5.74, 6) is -2.18. The van der Waals surface area contributed by atoms with Crippen LogP contribution in [0, 0.1) is 17.6 Å². The van der Waals surface area contributed by atoms with Gasteiger partial charge < -0.3 is 15.0 Å². The zero-order valence-electron chi connectivity index (χ0n) is 15.0. The highest BCUT2D eigenvalue weighted by Gasteiger charge is 2.36. The molecule has 1 fully saturated rings. The summed E-state index contributed by atoms with van der Waals surface area (Å²) in [5.41, 5.74) is 0.557. The van der Waals surface area contributed by atoms with Crippen LogP contribution < -0.4 is 15.0 Å². The van der Waals surface area contributed by atoms with Gasteiger partial charge in [-0.05, 0) is 50.2 Å². The third-order valence-corrected chi connectivity index (χ3v) is 4.19. The van der Waals surface area contributed by atoms with Crippen molar-refractivity contribution in [1.29, 1.82) is 0 Å². The minimum absolute atomic E-state index is 0.0214. The van der Waals surface area contributed by atoms with Gasteiger partial charge in [0.2, 0.25) is 11.8 Å². The van der Waals surface area contributed by atoms with Crippen LogP contribution >= 0.6 is 0 Å². The van der Waals surface area contributed by atoms with Gasteiger partial charge in [0.25, 0.3) is 0 Å². The number of rotatable bonds is 5. The Kier molecular flexibility index (Phi) is 5.39. The molecule has 0 radical (unpaired) electrons. The van der Waals surface area contributed by atoms with Crippen molar-refractivity contribution in [2.45, 2.75) is 26.4 Å². The van der Waals surface area contributed by atoms with Crippen molar-refractivity contribution in [3.63, 3.8) is 0 Å². The summed E-state index contributed by atoms with van der Waals surface area (Å²) in [5, 5.41) is 2.75. The van der Waals surface area contributed by atoms with Crippen molar-refractivity contribution in [2.24, 2.45) is 5.92 Å². The fourth-order valence-electron chi connectivity index (χ4n) is 2.95. The van der Waals surface area contributed by atoms with Crippen LogP contribution in [-0.4, -0.2) is 24.5 Å². The molecule has 1 aliphatic rings. The predicted octanol–water partition coefficient (Wildman–Crippen LogP) is 3.74. The number of amides is 2. The van der Waals surface area contributed by atoms with Crippen LogP contribution in [0.25, 0.3) is 0 Å². The van der Waals surface area contributed by atoms with E-state index in [1.807, 2.05) is 13.8 Å². The van der Waals surface area contributed by atoms with Crippen molar-refractivity contribution >= 4 is 23.2 Å². The second kappa shape index (κ2) is 7.73. The monoisotopic (exact) mass is 374 g/mol. The number of halogens is 2. The van der Waals surface area contributed by atoms with Gasteiger partial charge >= 0.3 is 0 Å². The standard InChI is InChI=1S/C20H20F2N2O3/c1-12(2)27-16-6-4-15(5-7-16)23-20(26)13-9-19(25)24(11-13)18-8-3-14(21)10-17(18)22/h3-8,10,12-13H,9,11H2,1-2H3,(H,23,26). The van der Waals surface area contributed by atoms with Crippen molar-refractivity contribution < 1.29 is 23.1 Å². The largest absolute Gasteiger partial charge is 0.491 e. The average molecular weight is 374 g/mol. The van der Waals surface area contributed by atoms with Gasteiger partial charge in [-0.15, -0.1) is 0 Å². The fraction of sp³-hybridized carbons (Fsp3) is 0.300. The van der Waals surface area contributed by atoms with Crippen LogP contribution in [0.3, 0.4) is 0 Å². The molecule has 27 heavy (non-hydrogen) atoms. The highest BCUT2D eigenvalue weighted by Crippen LogP contribution is 2.28. The summed E-state index contributed by atoms with van der Waals surface area (Å²) in [6, 6.07) is 9.92. The first-order valence-electron chi connectivity index (χ1n) is 8.66. The lowest BCUT2D eigenvalue weighted by molar-refractivity contribution is -0.122. The van der Waals surface area contributed by atoms with Gasteiger partial charge in [-0.25, -0.2) is 8.78 Å². The number of nitrogens with zero attached hydrogens (tertiary/aromatic N) is 1. The van der Waals surface area contributed by atoms with E-state index in [9.17, 15) is 18.4 Å². The number of anilines is 2. The van der Waals surface area contributed by atoms with E-state index in [1.165, 1.54) is 11.0 Å². The van der Waals surface area contributed by atoms with Crippen LogP contribution in [0.15, 0.2) is 42.5 Å². The van der Waals surface area contributed by atoms with Crippen molar-refractivity contribution in [3.05, 3.63) is 54.1 Å². The van der Waals surface area contributed by atoms with Crippen molar-refractivity contribution in [2.75, 3.05) is 16.8 Å². The molecule has 0 saturated carbocycles. The van der Waals surface area contributed by atoms with Gasteiger partial charge in [-0.2, -0.15) is 0 Å². The lowest BCUT2D eigenvalue weighted by Crippen LogP contribution is -2.28. The smallest absolute Gasteiger partial charge is 0.229 e. The highest BCUT2D eigenvalue weighted by atomic mass is 19.1. The molecule has 0 bridgehead atoms. The Hall–Kier alpha value is -2.96. The second-order valence-corrected chi connectivity index (χ2v) is 6.68. The summed E-state index contributed by atoms with van der Waals surface area (Å²) in [6.45, 7) is 3.88. The Labute approximate surface area is 155 Å². The van der Waals surface area contributed by atoms with Crippen LogP contribution in [0.5, 0.6) is 5.75 Å². The number of benzene rings is 2. The molecule has 1 atom stereocenters. The predicted molar refractivity (Wildman–Crippen MR) is 97.7 cm³/mol. The van der Waals surface area contributed by atoms with Crippen LogP contribution in [0.2, 0.25) is 0 Å². The lowest BCUT2D eigenvalue weighted by Gasteiger charge is -2.17. The van der Waals surface area contributed by atoms with Crippen LogP contribution in [0.4, 0.5) is 20.2 Å². The Balaban J connectivity index is 1.65. The average Bonchev–Trinajstić information content (AvgIpc) is 2.98. The molecule has 1 aliphatic heterocycles. The number of ether oxygens (including phenoxy) is 1. The van der Waals surface area contributed by atoms with E-state index in [0.29, 0.717) is 11.4 Å². The quantitative estimate of drug-likeness (QED) is 0.867. The minimum atomic E-state index is -0.829. The zero-order valence-corrected chi connectivity index (χ0v) is 15.0. The minimum Gasteiger partial charge on any atom is -0.491 e. The maximum atomic E-state index is 13.9. The van der Waals surface area contributed by atoms with E-state index < -0.39 is 17.6 Å². The van der Waals surface area contributed by atoms with E-state index in [4.69, 9.17) is 4.74 Å². The lowest BCUT2D eigenvalue weighted by atomic mass is 10.1. The SMILES string of the molecule is CC(C)Oc1ccc(NC(=O)C2CC(=O)N(c3ccc(F)cc3F)C2)cc1. The molecular weight excluding hydrogens is 354 g/mol. The normalized spacial score (nSPS) is 16.7. The first kappa shape index (κ1) is 18.8. The molecule has 5 nitrogen and oxygen atoms in total. The van der Waals surface area contributed by atoms with E-state index in [1.54, 1.807) is 24.3 Å². The molecule has 1 unspecified atom stereocenters. The fourth-order valence-corrected chi connectivity index (χ4v) is 2.95. The van der Waals surface area contributed by atoms with Crippen molar-refractivity contribution in [3.8, 4) is 5.75 Å². The highest BCUT2D eigenvalue weighted by molar-refractivity contribution is 6.03. The van der Waals surface area contributed by atoms with Gasteiger partial charge in [0, 0.05) is 24.7 Å². The Bertz CT molecular complexity index is 853. The van der Waals surface area contributed by atoms with Gasteiger partial charge in [0.05, 0.1) is 17.7 Å². The molecular formula is C20H20F2N2O3. The number of hydrogen-bond donors (Lipinski definition) is 1. The molecule has 142 valence electrons. The maximum Gasteiger partial charge on any atom is 0.229 e. The molecule has 2 amide bonds. The van der Waals surface area contributed by atoms with E-state index in [0.717, 1.165) is 12.1 Å². The Morgan fingerprint density at radius 1 is 1.19 bits per heavy atom. The number of hydrogen-bond acceptors (Lipinski definition) is 3. The summed E-state index contributed by atoms with van der Waals surface area (Å²) < 4.78 is 32.5. The van der Waals surface area contributed by atoms with E-state index >= 15 is 0 Å². The summed E-state index contributed by atoms with van der Waals surface area (Å²) in [7, 11) is 0. The van der Waals surface area contributed by atoms with E-state index in [2.05, 4.69) is 5.32 Å². The Morgan fingerprint density at radius 3 is 2.52 bits per heavy atom. The van der Waals surface area contributed by atoms with Gasteiger partial charge in [-0.3, -0.25) is 9.59 Å². The number of carbonyl (C=O) groups is 2. The summed E-state index contributed by atoms with van der Waals surface area (Å²) in [4.78, 5) is 25.8. The number of nitrogens with one attached hydrogen (secondary N) is 1. The maximum absolute atomic E-state index is 13.9. The molecule has 1 saturated heterocycles. The molecule has 7 heteroatoms. The summed E-state index contributed by atoms with van der Waals surface area (Å²) in [6.07, 6.45) is 0.0183. The van der Waals surface area contributed by atoms with Crippen LogP contribution in [-0.2, 0) is 9.59 Å². The Morgan fingerprint density at radius 2 is 1.89 bits per heavy atom. The first-order chi connectivity index (χ1) is 12.8. The van der Waals surface area contributed by atoms with E-state index in [-0.39, 0.29) is 36.6 Å². The topological polar surface area (TPSA) is 58.6 Å². The van der Waals surface area contributed by atoms with Crippen molar-refractivity contribution in [1.82, 2.24) is 0 Å². The molecule has 0 aromatic heterocycles. The molecule has 0 spiro atoms. The van der Waals surface area contributed by atoms with Gasteiger partial charge in [0.15, 0.2) is 0 Å². The molecule has 2 aromatic carbocycles. The molecule has 0 aliphatic carbocycles. The molecule has 3 rings (SSSR count). The van der Waals surface area contributed by atoms with Crippen LogP contribution in [0.1, 0.15) is 20.3 Å². The first-order valence-corrected chi connectivity index (χ1v) is 8.66. The summed E-state index contributed by atoms with van der Waals surface area (Å²) >= 11 is 0. The molecule has 1 heterocycles. The number of carbonyl (C=O) groups excluding carboxylic acids is 2. The van der Waals surface area contributed by atoms with Gasteiger partial charge in [0.1, 0.15) is 17.4 Å². The second-order valence-electron chi connectivity index (χ2n) is 6.68. The van der Waals surface area contributed by atoms with Gasteiger partial charge in [-0.1, -0.05) is 0 Å².